The van der Waals surface area contributed by atoms with Crippen LogP contribution in [0, 0.1) is 11.6 Å². The van der Waals surface area contributed by atoms with Crippen LogP contribution in [0.25, 0.3) is 33.2 Å². The monoisotopic (exact) mass is 810 g/mol. The molecule has 0 atom stereocenters. The molecule has 0 radical (unpaired) electrons. The third-order valence-electron chi connectivity index (χ3n) is 10.1. The quantitative estimate of drug-likeness (QED) is 0.114. The highest BCUT2D eigenvalue weighted by Gasteiger charge is 2.23. The van der Waals surface area contributed by atoms with Crippen molar-refractivity contribution < 1.29 is 38.1 Å². The predicted octanol–water partition coefficient (Wildman–Crippen LogP) is 4.70. The highest BCUT2D eigenvalue weighted by molar-refractivity contribution is 5.87. The molecular formula is C41H40F2N8O8. The standard InChI is InChI=1S/C21H21FN4O4.C20H19FN4O4/c1-24-6-8-25(9-7-24)18-11-17-15(10-16(18)22)20(27)19(30-21(28)29)12-26(17)14-4-2-13(23)3-5-14;21-15-9-14-16(10-17(15)24-7-5-23-6-8-24)25(13-3-1-12(22)2-4-13)11-18(19(14)26)29-20(27)28/h2-5,10-12H,6-9,23H2,1H3,(H,28,29);1-4,9-11,23H,5-8,22H2,(H,27,28). The molecule has 0 unspecified atom stereocenters. The fourth-order valence-electron chi connectivity index (χ4n) is 7.09. The van der Waals surface area contributed by atoms with E-state index in [1.54, 1.807) is 69.8 Å². The van der Waals surface area contributed by atoms with E-state index in [9.17, 15) is 28.0 Å². The number of halogens is 2. The van der Waals surface area contributed by atoms with Crippen LogP contribution < -0.4 is 46.9 Å². The van der Waals surface area contributed by atoms with E-state index in [0.717, 1.165) is 38.3 Å². The predicted molar refractivity (Wildman–Crippen MR) is 220 cm³/mol. The fourth-order valence-corrected chi connectivity index (χ4v) is 7.09. The molecule has 7 N–H and O–H groups in total. The van der Waals surface area contributed by atoms with E-state index >= 15 is 0 Å². The summed E-state index contributed by atoms with van der Waals surface area (Å²) in [7, 11) is 2.01. The van der Waals surface area contributed by atoms with Crippen LogP contribution in [-0.4, -0.2) is 96.0 Å². The molecule has 2 aromatic heterocycles. The van der Waals surface area contributed by atoms with Crippen LogP contribution in [0.3, 0.4) is 0 Å². The first kappa shape index (κ1) is 40.0. The molecule has 2 saturated heterocycles. The zero-order valence-corrected chi connectivity index (χ0v) is 31.7. The lowest BCUT2D eigenvalue weighted by Crippen LogP contribution is -2.44. The normalized spacial score (nSPS) is 14.5. The number of hydrogen-bond donors (Lipinski definition) is 5. The number of rotatable bonds is 6. The number of ether oxygens (including phenoxy) is 2. The van der Waals surface area contributed by atoms with Gasteiger partial charge >= 0.3 is 12.3 Å². The number of anilines is 4. The first-order valence-electron chi connectivity index (χ1n) is 18.5. The summed E-state index contributed by atoms with van der Waals surface area (Å²) in [5, 5.41) is 21.2. The highest BCUT2D eigenvalue weighted by Crippen LogP contribution is 2.31. The van der Waals surface area contributed by atoms with Gasteiger partial charge in [-0.3, -0.25) is 9.59 Å². The molecule has 4 aromatic carbocycles. The summed E-state index contributed by atoms with van der Waals surface area (Å²) in [5.41, 5.74) is 14.1. The third-order valence-corrected chi connectivity index (χ3v) is 10.1. The first-order chi connectivity index (χ1) is 28.3. The zero-order chi connectivity index (χ0) is 42.0. The largest absolute Gasteiger partial charge is 0.511 e. The number of benzene rings is 4. The zero-order valence-electron chi connectivity index (χ0n) is 31.7. The van der Waals surface area contributed by atoms with E-state index in [4.69, 9.17) is 21.7 Å². The van der Waals surface area contributed by atoms with Crippen molar-refractivity contribution in [2.45, 2.75) is 0 Å². The maximum Gasteiger partial charge on any atom is 0.511 e. The van der Waals surface area contributed by atoms with Gasteiger partial charge in [0.15, 0.2) is 11.5 Å². The molecule has 0 spiro atoms. The number of piperazine rings is 2. The molecule has 18 heteroatoms. The number of hydrogen-bond acceptors (Lipinski definition) is 12. The molecule has 0 amide bonds. The molecule has 2 aliphatic heterocycles. The van der Waals surface area contributed by atoms with Crippen molar-refractivity contribution in [3.05, 3.63) is 117 Å². The second-order valence-corrected chi connectivity index (χ2v) is 14.0. The van der Waals surface area contributed by atoms with E-state index in [0.29, 0.717) is 71.3 Å². The number of nitrogens with one attached hydrogen (secondary N) is 1. The number of nitrogens with two attached hydrogens (primary N) is 2. The Morgan fingerprint density at radius 3 is 1.41 bits per heavy atom. The molecule has 6 aromatic rings. The Kier molecular flexibility index (Phi) is 11.4. The molecule has 2 fully saturated rings. The van der Waals surface area contributed by atoms with Crippen molar-refractivity contribution in [3.8, 4) is 22.9 Å². The fraction of sp³-hybridized carbons (Fsp3) is 0.220. The SMILES string of the molecule is CN1CCN(c2cc3c(cc2F)c(=O)c(OC(=O)O)cn3-c2ccc(N)cc2)CC1.Nc1ccc(-n2cc(OC(=O)O)c(=O)c3cc(F)c(N4CCNCC4)cc32)cc1. The average Bonchev–Trinajstić information content (AvgIpc) is 3.21. The second kappa shape index (κ2) is 16.7. The molecule has 0 aliphatic carbocycles. The topological polar surface area (TPSA) is 211 Å². The van der Waals surface area contributed by atoms with E-state index in [-0.39, 0.29) is 10.8 Å². The molecular weight excluding hydrogens is 770 g/mol. The van der Waals surface area contributed by atoms with Gasteiger partial charge in [0.2, 0.25) is 10.9 Å². The molecule has 0 saturated carbocycles. The molecule has 306 valence electrons. The Hall–Kier alpha value is -7.18. The summed E-state index contributed by atoms with van der Waals surface area (Å²) in [5.74, 6) is -1.90. The second-order valence-electron chi connectivity index (χ2n) is 14.0. The van der Waals surface area contributed by atoms with Crippen LogP contribution in [0.1, 0.15) is 0 Å². The number of fused-ring (bicyclic) bond motifs is 2. The number of nitrogen functional groups attached to an aromatic ring is 2. The number of likely N-dealkylation sites (N-methyl/N-ethyl adjacent to an activating group) is 1. The van der Waals surface area contributed by atoms with Crippen molar-refractivity contribution in [3.63, 3.8) is 0 Å². The third kappa shape index (κ3) is 8.58. The lowest BCUT2D eigenvalue weighted by atomic mass is 10.1. The van der Waals surface area contributed by atoms with Gasteiger partial charge in [0.05, 0.1) is 45.6 Å². The van der Waals surface area contributed by atoms with E-state index in [1.165, 1.54) is 12.4 Å². The summed E-state index contributed by atoms with van der Waals surface area (Å²) < 4.78 is 42.4. The Balaban J connectivity index is 0.000000179. The maximum absolute atomic E-state index is 15.0. The molecule has 4 heterocycles. The summed E-state index contributed by atoms with van der Waals surface area (Å²) >= 11 is 0. The minimum atomic E-state index is -1.62. The Labute approximate surface area is 334 Å². The van der Waals surface area contributed by atoms with E-state index < -0.39 is 46.3 Å². The summed E-state index contributed by atoms with van der Waals surface area (Å²) in [6.07, 6.45) is -0.646. The molecule has 16 nitrogen and oxygen atoms in total. The minimum absolute atomic E-state index is 0.0250. The number of aromatic nitrogens is 2. The van der Waals surface area contributed by atoms with Crippen LogP contribution in [0.4, 0.5) is 41.1 Å². The summed E-state index contributed by atoms with van der Waals surface area (Å²) in [6, 6.07) is 19.1. The Morgan fingerprint density at radius 2 is 1.02 bits per heavy atom. The highest BCUT2D eigenvalue weighted by atomic mass is 19.1. The van der Waals surface area contributed by atoms with Gasteiger partial charge in [-0.05, 0) is 79.8 Å². The van der Waals surface area contributed by atoms with Gasteiger partial charge in [0.1, 0.15) is 11.6 Å². The average molecular weight is 811 g/mol. The smallest absolute Gasteiger partial charge is 0.449 e. The molecule has 8 rings (SSSR count). The number of nitrogens with zero attached hydrogens (tertiary/aromatic N) is 5. The molecule has 2 aliphatic rings. The van der Waals surface area contributed by atoms with Crippen LogP contribution >= 0.6 is 0 Å². The van der Waals surface area contributed by atoms with Gasteiger partial charge in [-0.2, -0.15) is 0 Å². The van der Waals surface area contributed by atoms with Gasteiger partial charge in [-0.15, -0.1) is 0 Å². The Morgan fingerprint density at radius 1 is 0.627 bits per heavy atom. The van der Waals surface area contributed by atoms with E-state index in [1.807, 2.05) is 16.8 Å². The van der Waals surface area contributed by atoms with Crippen LogP contribution in [0.5, 0.6) is 11.5 Å². The van der Waals surface area contributed by atoms with Crippen LogP contribution in [0.2, 0.25) is 0 Å². The minimum Gasteiger partial charge on any atom is -0.449 e. The first-order valence-corrected chi connectivity index (χ1v) is 18.5. The van der Waals surface area contributed by atoms with Gasteiger partial charge in [-0.1, -0.05) is 0 Å². The number of pyridine rings is 2. The van der Waals surface area contributed by atoms with Crippen molar-refractivity contribution >= 4 is 56.9 Å². The van der Waals surface area contributed by atoms with Gasteiger partial charge in [-0.25, -0.2) is 18.4 Å². The maximum atomic E-state index is 15.0. The molecule has 59 heavy (non-hydrogen) atoms. The van der Waals surface area contributed by atoms with E-state index in [2.05, 4.69) is 19.7 Å². The summed E-state index contributed by atoms with van der Waals surface area (Å²) in [6.45, 7) is 5.64. The number of carbonyl (C=O) groups is 2. The lowest BCUT2D eigenvalue weighted by Gasteiger charge is -2.34. The van der Waals surface area contributed by atoms with Crippen molar-refractivity contribution in [2.75, 3.05) is 80.7 Å². The molecule has 0 bridgehead atoms. The van der Waals surface area contributed by atoms with Crippen molar-refractivity contribution in [1.29, 1.82) is 0 Å². The van der Waals surface area contributed by atoms with Crippen LogP contribution in [-0.2, 0) is 0 Å². The Bertz CT molecular complexity index is 2680. The lowest BCUT2D eigenvalue weighted by molar-refractivity contribution is 0.142. The van der Waals surface area contributed by atoms with Gasteiger partial charge in [0, 0.05) is 75.1 Å². The van der Waals surface area contributed by atoms with Gasteiger partial charge < -0.3 is 60.3 Å². The van der Waals surface area contributed by atoms with Gasteiger partial charge in [0.25, 0.3) is 0 Å². The van der Waals surface area contributed by atoms with Crippen molar-refractivity contribution in [2.24, 2.45) is 0 Å². The summed E-state index contributed by atoms with van der Waals surface area (Å²) in [4.78, 5) is 53.5. The van der Waals surface area contributed by atoms with Crippen molar-refractivity contribution in [1.82, 2.24) is 19.4 Å². The number of carboxylic acid groups (broad SMARTS) is 2. The van der Waals surface area contributed by atoms with Crippen LogP contribution in [0.15, 0.2) is 94.8 Å².